The summed E-state index contributed by atoms with van der Waals surface area (Å²) in [4.78, 5) is 30.4. The van der Waals surface area contributed by atoms with Gasteiger partial charge in [-0.05, 0) is 25.8 Å². The highest BCUT2D eigenvalue weighted by molar-refractivity contribution is 5.81. The van der Waals surface area contributed by atoms with Crippen molar-refractivity contribution in [3.05, 3.63) is 68.5 Å². The van der Waals surface area contributed by atoms with Crippen LogP contribution in [-0.4, -0.2) is 25.3 Å². The average molecular weight is 397 g/mol. The van der Waals surface area contributed by atoms with Crippen LogP contribution >= 0.6 is 0 Å². The number of aliphatic hydroxyl groups is 1. The molecule has 1 atom stereocenters. The first kappa shape index (κ1) is 20.8. The van der Waals surface area contributed by atoms with Gasteiger partial charge in [-0.25, -0.2) is 9.78 Å². The predicted octanol–water partition coefficient (Wildman–Crippen LogP) is 2.76. The summed E-state index contributed by atoms with van der Waals surface area (Å²) in [6.45, 7) is 6.04. The third kappa shape index (κ3) is 3.96. The van der Waals surface area contributed by atoms with Crippen LogP contribution in [0, 0.1) is 0 Å². The van der Waals surface area contributed by atoms with Crippen molar-refractivity contribution in [1.29, 1.82) is 0 Å². The molecule has 2 aromatic heterocycles. The van der Waals surface area contributed by atoms with E-state index < -0.39 is 17.4 Å². The molecule has 0 aliphatic heterocycles. The van der Waals surface area contributed by atoms with Crippen LogP contribution in [0.4, 0.5) is 0 Å². The highest BCUT2D eigenvalue weighted by atomic mass is 16.5. The first-order valence-electron chi connectivity index (χ1n) is 9.88. The molecule has 0 fully saturated rings. The van der Waals surface area contributed by atoms with Gasteiger partial charge in [-0.15, -0.1) is 0 Å². The molecule has 0 spiro atoms. The monoisotopic (exact) mass is 397 g/mol. The number of pyridine rings is 1. The third-order valence-electron chi connectivity index (χ3n) is 4.84. The lowest BCUT2D eigenvalue weighted by atomic mass is 9.98. The summed E-state index contributed by atoms with van der Waals surface area (Å²) in [5.74, 6) is 0.335. The fourth-order valence-electron chi connectivity index (χ4n) is 3.39. The number of aryl methyl sites for hydroxylation is 1. The Balaban J connectivity index is 2.39. The molecule has 0 radical (unpaired) electrons. The number of hydrogen-bond acceptors (Lipinski definition) is 5. The van der Waals surface area contributed by atoms with E-state index in [9.17, 15) is 14.7 Å². The molecular formula is C22H27N3O4. The van der Waals surface area contributed by atoms with Gasteiger partial charge in [-0.3, -0.25) is 13.9 Å². The van der Waals surface area contributed by atoms with E-state index in [1.54, 1.807) is 19.2 Å². The maximum Gasteiger partial charge on any atom is 0.332 e. The summed E-state index contributed by atoms with van der Waals surface area (Å²) < 4.78 is 8.45. The smallest absolute Gasteiger partial charge is 0.332 e. The van der Waals surface area contributed by atoms with Gasteiger partial charge in [-0.1, -0.05) is 43.7 Å². The molecule has 0 aliphatic rings. The standard InChI is InChI=1S/C22H27N3O4/c1-5-6-12-25-21(27)18-17(19(26)15-10-8-7-9-11-15)16(29-14(2)3)13-23-20(18)24(4)22(25)28/h7-11,13-14,19,26H,5-6,12H2,1-4H3. The SMILES string of the molecule is CCCCn1c(=O)c2c(C(O)c3ccccc3)c(OC(C)C)cnc2n(C)c1=O. The van der Waals surface area contributed by atoms with Gasteiger partial charge in [0.15, 0.2) is 0 Å². The van der Waals surface area contributed by atoms with Crippen LogP contribution in [-0.2, 0) is 13.6 Å². The average Bonchev–Trinajstić information content (AvgIpc) is 2.71. The first-order valence-corrected chi connectivity index (χ1v) is 9.88. The molecule has 0 bridgehead atoms. The maximum absolute atomic E-state index is 13.3. The van der Waals surface area contributed by atoms with Gasteiger partial charge in [0.05, 0.1) is 17.7 Å². The fraction of sp³-hybridized carbons (Fsp3) is 0.409. The van der Waals surface area contributed by atoms with Crippen molar-refractivity contribution < 1.29 is 9.84 Å². The summed E-state index contributed by atoms with van der Waals surface area (Å²) in [7, 11) is 1.58. The number of benzene rings is 1. The molecule has 154 valence electrons. The molecule has 3 aromatic rings. The quantitative estimate of drug-likeness (QED) is 0.662. The van der Waals surface area contributed by atoms with E-state index in [0.29, 0.717) is 29.8 Å². The van der Waals surface area contributed by atoms with Crippen molar-refractivity contribution in [2.75, 3.05) is 0 Å². The largest absolute Gasteiger partial charge is 0.489 e. The number of hydrogen-bond donors (Lipinski definition) is 1. The lowest BCUT2D eigenvalue weighted by Gasteiger charge is -2.21. The summed E-state index contributed by atoms with van der Waals surface area (Å²) in [5, 5.41) is 11.4. The predicted molar refractivity (Wildman–Crippen MR) is 112 cm³/mol. The zero-order valence-corrected chi connectivity index (χ0v) is 17.3. The molecule has 1 aromatic carbocycles. The molecule has 0 saturated carbocycles. The lowest BCUT2D eigenvalue weighted by molar-refractivity contribution is 0.199. The van der Waals surface area contributed by atoms with Crippen molar-refractivity contribution in [1.82, 2.24) is 14.1 Å². The molecule has 0 saturated heterocycles. The minimum atomic E-state index is -1.10. The van der Waals surface area contributed by atoms with Gasteiger partial charge >= 0.3 is 5.69 Å². The second-order valence-electron chi connectivity index (χ2n) is 7.37. The number of unbranched alkanes of at least 4 members (excludes halogenated alkanes) is 1. The van der Waals surface area contributed by atoms with Crippen LogP contribution in [0.3, 0.4) is 0 Å². The number of rotatable bonds is 7. The van der Waals surface area contributed by atoms with E-state index in [1.165, 1.54) is 15.3 Å². The van der Waals surface area contributed by atoms with Crippen LogP contribution < -0.4 is 16.0 Å². The molecule has 1 N–H and O–H groups in total. The summed E-state index contributed by atoms with van der Waals surface area (Å²) in [6, 6.07) is 9.07. The van der Waals surface area contributed by atoms with Crippen LogP contribution in [0.15, 0.2) is 46.1 Å². The topological polar surface area (TPSA) is 86.3 Å². The van der Waals surface area contributed by atoms with E-state index in [2.05, 4.69) is 4.98 Å². The van der Waals surface area contributed by atoms with Crippen LogP contribution in [0.2, 0.25) is 0 Å². The van der Waals surface area contributed by atoms with Crippen molar-refractivity contribution in [3.63, 3.8) is 0 Å². The van der Waals surface area contributed by atoms with Gasteiger partial charge in [0.25, 0.3) is 5.56 Å². The Kier molecular flexibility index (Phi) is 6.17. The van der Waals surface area contributed by atoms with Crippen molar-refractivity contribution >= 4 is 11.0 Å². The number of aromatic nitrogens is 3. The van der Waals surface area contributed by atoms with E-state index >= 15 is 0 Å². The van der Waals surface area contributed by atoms with Crippen LogP contribution in [0.1, 0.15) is 50.8 Å². The highest BCUT2D eigenvalue weighted by Crippen LogP contribution is 2.34. The van der Waals surface area contributed by atoms with Crippen LogP contribution in [0.25, 0.3) is 11.0 Å². The van der Waals surface area contributed by atoms with E-state index in [0.717, 1.165) is 6.42 Å². The molecule has 7 nitrogen and oxygen atoms in total. The van der Waals surface area contributed by atoms with Gasteiger partial charge in [0, 0.05) is 19.2 Å². The van der Waals surface area contributed by atoms with Crippen LogP contribution in [0.5, 0.6) is 5.75 Å². The van der Waals surface area contributed by atoms with Crippen molar-refractivity contribution in [3.8, 4) is 5.75 Å². The zero-order chi connectivity index (χ0) is 21.1. The summed E-state index contributed by atoms with van der Waals surface area (Å²) in [6.07, 6.45) is 1.75. The zero-order valence-electron chi connectivity index (χ0n) is 17.3. The Morgan fingerprint density at radius 3 is 2.48 bits per heavy atom. The molecular weight excluding hydrogens is 370 g/mol. The molecule has 2 heterocycles. The summed E-state index contributed by atoms with van der Waals surface area (Å²) in [5.41, 5.74) is 0.320. The van der Waals surface area contributed by atoms with Gasteiger partial charge < -0.3 is 9.84 Å². The number of nitrogens with zero attached hydrogens (tertiary/aromatic N) is 3. The second kappa shape index (κ2) is 8.61. The molecule has 3 rings (SSSR count). The molecule has 7 heteroatoms. The molecule has 0 aliphatic carbocycles. The Morgan fingerprint density at radius 2 is 1.86 bits per heavy atom. The molecule has 0 amide bonds. The molecule has 1 unspecified atom stereocenters. The minimum absolute atomic E-state index is 0.175. The van der Waals surface area contributed by atoms with Crippen molar-refractivity contribution in [2.45, 2.75) is 52.4 Å². The molecule has 29 heavy (non-hydrogen) atoms. The summed E-state index contributed by atoms with van der Waals surface area (Å²) >= 11 is 0. The van der Waals surface area contributed by atoms with E-state index in [1.807, 2.05) is 39.0 Å². The van der Waals surface area contributed by atoms with E-state index in [4.69, 9.17) is 4.74 Å². The number of ether oxygens (including phenoxy) is 1. The Bertz CT molecular complexity index is 1120. The van der Waals surface area contributed by atoms with Gasteiger partial charge in [0.1, 0.15) is 17.5 Å². The third-order valence-corrected chi connectivity index (χ3v) is 4.84. The number of aliphatic hydroxyl groups excluding tert-OH is 1. The van der Waals surface area contributed by atoms with E-state index in [-0.39, 0.29) is 17.1 Å². The highest BCUT2D eigenvalue weighted by Gasteiger charge is 2.25. The Labute approximate surface area is 169 Å². The second-order valence-corrected chi connectivity index (χ2v) is 7.37. The Morgan fingerprint density at radius 1 is 1.17 bits per heavy atom. The normalized spacial score (nSPS) is 12.5. The first-order chi connectivity index (χ1) is 13.9. The Hall–Kier alpha value is -2.93. The maximum atomic E-state index is 13.3. The van der Waals surface area contributed by atoms with Gasteiger partial charge in [0.2, 0.25) is 0 Å². The minimum Gasteiger partial charge on any atom is -0.489 e. The lowest BCUT2D eigenvalue weighted by Crippen LogP contribution is -2.40. The van der Waals surface area contributed by atoms with Crippen molar-refractivity contribution in [2.24, 2.45) is 7.05 Å². The fourth-order valence-corrected chi connectivity index (χ4v) is 3.39. The number of fused-ring (bicyclic) bond motifs is 1. The van der Waals surface area contributed by atoms with Gasteiger partial charge in [-0.2, -0.15) is 0 Å².